The van der Waals surface area contributed by atoms with Crippen molar-refractivity contribution in [1.82, 2.24) is 10.2 Å². The standard InChI is InChI=1S/C18H32N2O/c1-17(2)5-3-15(4-6-17)16(21)20-13-9-18(10-14-20)7-11-19-12-8-18/h15,19H,3-14H2,1-2H3. The fourth-order valence-electron chi connectivity index (χ4n) is 4.56. The monoisotopic (exact) mass is 292 g/mol. The van der Waals surface area contributed by atoms with E-state index in [9.17, 15) is 4.79 Å². The molecule has 1 amide bonds. The van der Waals surface area contributed by atoms with Crippen LogP contribution in [-0.4, -0.2) is 37.0 Å². The van der Waals surface area contributed by atoms with Crippen LogP contribution >= 0.6 is 0 Å². The van der Waals surface area contributed by atoms with Gasteiger partial charge in [0.05, 0.1) is 0 Å². The topological polar surface area (TPSA) is 32.3 Å². The first-order chi connectivity index (χ1) is 10.00. The molecule has 0 aromatic carbocycles. The zero-order valence-corrected chi connectivity index (χ0v) is 13.9. The summed E-state index contributed by atoms with van der Waals surface area (Å²) in [6, 6.07) is 0. The smallest absolute Gasteiger partial charge is 0.225 e. The van der Waals surface area contributed by atoms with Gasteiger partial charge in [0.25, 0.3) is 0 Å². The first-order valence-corrected chi connectivity index (χ1v) is 8.99. The molecule has 1 saturated carbocycles. The van der Waals surface area contributed by atoms with Crippen molar-refractivity contribution in [2.75, 3.05) is 26.2 Å². The van der Waals surface area contributed by atoms with Crippen molar-refractivity contribution in [3.63, 3.8) is 0 Å². The van der Waals surface area contributed by atoms with Crippen LogP contribution in [0.5, 0.6) is 0 Å². The Balaban J connectivity index is 1.51. The third-order valence-electron chi connectivity index (χ3n) is 6.49. The molecule has 0 radical (unpaired) electrons. The average molecular weight is 292 g/mol. The number of nitrogens with zero attached hydrogens (tertiary/aromatic N) is 1. The van der Waals surface area contributed by atoms with Crippen LogP contribution in [-0.2, 0) is 4.79 Å². The highest BCUT2D eigenvalue weighted by Crippen LogP contribution is 2.42. The highest BCUT2D eigenvalue weighted by atomic mass is 16.2. The van der Waals surface area contributed by atoms with Crippen LogP contribution in [0.25, 0.3) is 0 Å². The summed E-state index contributed by atoms with van der Waals surface area (Å²) in [5.74, 6) is 0.786. The molecule has 3 heteroatoms. The van der Waals surface area contributed by atoms with E-state index in [1.54, 1.807) is 0 Å². The molecule has 3 nitrogen and oxygen atoms in total. The van der Waals surface area contributed by atoms with E-state index in [1.807, 2.05) is 0 Å². The van der Waals surface area contributed by atoms with Crippen molar-refractivity contribution in [2.24, 2.45) is 16.7 Å². The lowest BCUT2D eigenvalue weighted by molar-refractivity contribution is -0.140. The minimum atomic E-state index is 0.320. The zero-order valence-electron chi connectivity index (χ0n) is 13.9. The Labute approximate surface area is 129 Å². The number of carbonyl (C=O) groups excluding carboxylic acids is 1. The van der Waals surface area contributed by atoms with Gasteiger partial charge < -0.3 is 10.2 Å². The lowest BCUT2D eigenvalue weighted by Crippen LogP contribution is -2.49. The molecule has 2 heterocycles. The molecule has 21 heavy (non-hydrogen) atoms. The van der Waals surface area contributed by atoms with Gasteiger partial charge in [0.15, 0.2) is 0 Å². The molecule has 0 aromatic heterocycles. The maximum absolute atomic E-state index is 12.7. The van der Waals surface area contributed by atoms with Gasteiger partial charge in [-0.3, -0.25) is 4.79 Å². The Kier molecular flexibility index (Phi) is 4.31. The van der Waals surface area contributed by atoms with Gasteiger partial charge in [-0.15, -0.1) is 0 Å². The maximum atomic E-state index is 12.7. The van der Waals surface area contributed by atoms with E-state index in [4.69, 9.17) is 0 Å². The number of rotatable bonds is 1. The fourth-order valence-corrected chi connectivity index (χ4v) is 4.56. The molecule has 120 valence electrons. The molecular weight excluding hydrogens is 260 g/mol. The number of amides is 1. The molecule has 1 spiro atoms. The van der Waals surface area contributed by atoms with E-state index in [0.717, 1.165) is 25.9 Å². The molecule has 1 aliphatic carbocycles. The van der Waals surface area contributed by atoms with Crippen LogP contribution in [0, 0.1) is 16.7 Å². The van der Waals surface area contributed by atoms with E-state index in [2.05, 4.69) is 24.1 Å². The van der Waals surface area contributed by atoms with Crippen LogP contribution in [0.1, 0.15) is 65.2 Å². The van der Waals surface area contributed by atoms with Crippen molar-refractivity contribution in [2.45, 2.75) is 65.2 Å². The Bertz CT molecular complexity index is 365. The SMILES string of the molecule is CC1(C)CCC(C(=O)N2CCC3(CCNCC3)CC2)CC1. The van der Waals surface area contributed by atoms with Crippen molar-refractivity contribution in [3.05, 3.63) is 0 Å². The average Bonchev–Trinajstić information content (AvgIpc) is 2.48. The summed E-state index contributed by atoms with van der Waals surface area (Å²) in [7, 11) is 0. The number of piperidine rings is 2. The first-order valence-electron chi connectivity index (χ1n) is 8.99. The third-order valence-corrected chi connectivity index (χ3v) is 6.49. The normalized spacial score (nSPS) is 29.5. The second kappa shape index (κ2) is 5.91. The molecule has 2 saturated heterocycles. The van der Waals surface area contributed by atoms with Crippen LogP contribution in [0.2, 0.25) is 0 Å². The molecule has 3 fully saturated rings. The number of nitrogens with one attached hydrogen (secondary N) is 1. The zero-order chi connectivity index (χ0) is 14.9. The van der Waals surface area contributed by atoms with Gasteiger partial charge in [0, 0.05) is 19.0 Å². The molecule has 1 N–H and O–H groups in total. The van der Waals surface area contributed by atoms with E-state index in [1.165, 1.54) is 51.6 Å². The predicted octanol–water partition coefficient (Wildman–Crippen LogP) is 3.20. The molecule has 0 bridgehead atoms. The van der Waals surface area contributed by atoms with Crippen LogP contribution < -0.4 is 5.32 Å². The molecule has 3 aliphatic rings. The molecule has 0 atom stereocenters. The van der Waals surface area contributed by atoms with Gasteiger partial charge in [-0.2, -0.15) is 0 Å². The summed E-state index contributed by atoms with van der Waals surface area (Å²) in [4.78, 5) is 14.9. The van der Waals surface area contributed by atoms with Crippen LogP contribution in [0.3, 0.4) is 0 Å². The highest BCUT2D eigenvalue weighted by molar-refractivity contribution is 5.79. The van der Waals surface area contributed by atoms with Crippen molar-refractivity contribution in [1.29, 1.82) is 0 Å². The lowest BCUT2D eigenvalue weighted by atomic mass is 9.70. The van der Waals surface area contributed by atoms with Crippen LogP contribution in [0.15, 0.2) is 0 Å². The number of likely N-dealkylation sites (tertiary alicyclic amines) is 1. The van der Waals surface area contributed by atoms with E-state index in [0.29, 0.717) is 22.7 Å². The second-order valence-electron chi connectivity index (χ2n) is 8.51. The van der Waals surface area contributed by atoms with E-state index in [-0.39, 0.29) is 0 Å². The minimum Gasteiger partial charge on any atom is -0.342 e. The van der Waals surface area contributed by atoms with Gasteiger partial charge in [-0.25, -0.2) is 0 Å². The molecule has 0 unspecified atom stereocenters. The number of carbonyl (C=O) groups is 1. The summed E-state index contributed by atoms with van der Waals surface area (Å²) in [5.41, 5.74) is 1.01. The van der Waals surface area contributed by atoms with Gasteiger partial charge >= 0.3 is 0 Å². The number of hydrogen-bond donors (Lipinski definition) is 1. The van der Waals surface area contributed by atoms with Crippen molar-refractivity contribution in [3.8, 4) is 0 Å². The summed E-state index contributed by atoms with van der Waals surface area (Å²) >= 11 is 0. The Morgan fingerprint density at radius 1 is 0.952 bits per heavy atom. The summed E-state index contributed by atoms with van der Waals surface area (Å²) in [6.45, 7) is 9.06. The molecule has 2 aliphatic heterocycles. The number of hydrogen-bond acceptors (Lipinski definition) is 2. The highest BCUT2D eigenvalue weighted by Gasteiger charge is 2.39. The molecular formula is C18H32N2O. The third kappa shape index (κ3) is 3.44. The second-order valence-corrected chi connectivity index (χ2v) is 8.51. The quantitative estimate of drug-likeness (QED) is 0.805. The van der Waals surface area contributed by atoms with E-state index >= 15 is 0 Å². The largest absolute Gasteiger partial charge is 0.342 e. The van der Waals surface area contributed by atoms with Gasteiger partial charge in [-0.05, 0) is 75.3 Å². The van der Waals surface area contributed by atoms with Gasteiger partial charge in [-0.1, -0.05) is 13.8 Å². The summed E-state index contributed by atoms with van der Waals surface area (Å²) in [6.07, 6.45) is 9.74. The molecule has 3 rings (SSSR count). The van der Waals surface area contributed by atoms with Gasteiger partial charge in [0.1, 0.15) is 0 Å². The minimum absolute atomic E-state index is 0.320. The predicted molar refractivity (Wildman–Crippen MR) is 86.1 cm³/mol. The van der Waals surface area contributed by atoms with Crippen molar-refractivity contribution < 1.29 is 4.79 Å². The van der Waals surface area contributed by atoms with Crippen LogP contribution in [0.4, 0.5) is 0 Å². The summed E-state index contributed by atoms with van der Waals surface area (Å²) in [5, 5.41) is 3.47. The molecule has 0 aromatic rings. The Hall–Kier alpha value is -0.570. The Morgan fingerprint density at radius 2 is 1.52 bits per heavy atom. The van der Waals surface area contributed by atoms with Crippen molar-refractivity contribution >= 4 is 5.91 Å². The maximum Gasteiger partial charge on any atom is 0.225 e. The fraction of sp³-hybridized carbons (Fsp3) is 0.944. The van der Waals surface area contributed by atoms with E-state index < -0.39 is 0 Å². The van der Waals surface area contributed by atoms with Gasteiger partial charge in [0.2, 0.25) is 5.91 Å². The summed E-state index contributed by atoms with van der Waals surface area (Å²) < 4.78 is 0. The Morgan fingerprint density at radius 3 is 2.10 bits per heavy atom. The lowest BCUT2D eigenvalue weighted by Gasteiger charge is -2.45. The first kappa shape index (κ1) is 15.3.